The summed E-state index contributed by atoms with van der Waals surface area (Å²) in [4.78, 5) is 11.0. The third-order valence-electron chi connectivity index (χ3n) is 2.27. The van der Waals surface area contributed by atoms with Crippen molar-refractivity contribution in [1.29, 1.82) is 0 Å². The molecule has 0 saturated carbocycles. The monoisotopic (exact) mass is 242 g/mol. The van der Waals surface area contributed by atoms with Crippen LogP contribution in [0.3, 0.4) is 0 Å². The highest BCUT2D eigenvalue weighted by Crippen LogP contribution is 2.14. The average Bonchev–Trinajstić information content (AvgIpc) is 2.26. The Morgan fingerprint density at radius 2 is 2.06 bits per heavy atom. The van der Waals surface area contributed by atoms with Crippen molar-refractivity contribution >= 4 is 17.6 Å². The van der Waals surface area contributed by atoms with Crippen LogP contribution in [-0.4, -0.2) is 24.3 Å². The zero-order valence-corrected chi connectivity index (χ0v) is 9.91. The van der Waals surface area contributed by atoms with Crippen molar-refractivity contribution < 1.29 is 14.6 Å². The lowest BCUT2D eigenvalue weighted by molar-refractivity contribution is -0.143. The molecule has 0 aliphatic heterocycles. The first-order valence-corrected chi connectivity index (χ1v) is 5.56. The number of aliphatic carboxylic acids is 1. The highest BCUT2D eigenvalue weighted by atomic mass is 35.5. The molecule has 1 rings (SSSR count). The molecule has 0 aliphatic rings. The zero-order chi connectivity index (χ0) is 12.0. The van der Waals surface area contributed by atoms with Crippen molar-refractivity contribution in [2.75, 3.05) is 13.2 Å². The van der Waals surface area contributed by atoms with Gasteiger partial charge in [-0.15, -0.1) is 0 Å². The van der Waals surface area contributed by atoms with Gasteiger partial charge in [0, 0.05) is 11.6 Å². The number of carboxylic acid groups (broad SMARTS) is 1. The van der Waals surface area contributed by atoms with Crippen LogP contribution >= 0.6 is 11.6 Å². The summed E-state index contributed by atoms with van der Waals surface area (Å²) in [6.45, 7) is 2.63. The van der Waals surface area contributed by atoms with Crippen LogP contribution in [0.15, 0.2) is 24.3 Å². The minimum Gasteiger partial charge on any atom is -0.481 e. The molecule has 1 unspecified atom stereocenters. The third-order valence-corrected chi connectivity index (χ3v) is 2.52. The fourth-order valence-electron chi connectivity index (χ4n) is 1.38. The Bertz CT molecular complexity index is 335. The van der Waals surface area contributed by atoms with Gasteiger partial charge in [-0.2, -0.15) is 0 Å². The fourth-order valence-corrected chi connectivity index (χ4v) is 1.51. The van der Waals surface area contributed by atoms with Crippen LogP contribution in [-0.2, 0) is 16.0 Å². The Balaban J connectivity index is 2.60. The van der Waals surface area contributed by atoms with Gasteiger partial charge in [0.25, 0.3) is 0 Å². The molecule has 0 aromatic heterocycles. The second-order valence-corrected chi connectivity index (χ2v) is 3.96. The molecular formula is C12H15ClO3. The average molecular weight is 243 g/mol. The van der Waals surface area contributed by atoms with Crippen LogP contribution in [0.4, 0.5) is 0 Å². The van der Waals surface area contributed by atoms with Gasteiger partial charge in [-0.05, 0) is 31.0 Å². The van der Waals surface area contributed by atoms with E-state index in [0.717, 1.165) is 5.56 Å². The van der Waals surface area contributed by atoms with Gasteiger partial charge in [0.05, 0.1) is 12.5 Å². The molecule has 1 atom stereocenters. The SMILES string of the molecule is CCOCC(Cc1ccc(Cl)cc1)C(=O)O. The lowest BCUT2D eigenvalue weighted by Crippen LogP contribution is -2.22. The summed E-state index contributed by atoms with van der Waals surface area (Å²) in [5.74, 6) is -1.33. The Kier molecular flexibility index (Phi) is 5.29. The molecule has 1 aromatic rings. The number of rotatable bonds is 6. The normalized spacial score (nSPS) is 12.4. The van der Waals surface area contributed by atoms with Crippen molar-refractivity contribution in [3.63, 3.8) is 0 Å². The molecule has 0 bridgehead atoms. The van der Waals surface area contributed by atoms with Crippen molar-refractivity contribution in [2.24, 2.45) is 5.92 Å². The van der Waals surface area contributed by atoms with Crippen LogP contribution < -0.4 is 0 Å². The highest BCUT2D eigenvalue weighted by molar-refractivity contribution is 6.30. The predicted molar refractivity (Wildman–Crippen MR) is 62.8 cm³/mol. The van der Waals surface area contributed by atoms with Gasteiger partial charge in [-0.1, -0.05) is 23.7 Å². The minimum atomic E-state index is -0.830. The summed E-state index contributed by atoms with van der Waals surface area (Å²) in [6, 6.07) is 7.20. The van der Waals surface area contributed by atoms with Crippen molar-refractivity contribution in [3.8, 4) is 0 Å². The molecule has 0 fully saturated rings. The maximum atomic E-state index is 11.0. The Morgan fingerprint density at radius 3 is 2.56 bits per heavy atom. The quantitative estimate of drug-likeness (QED) is 0.834. The van der Waals surface area contributed by atoms with E-state index in [1.807, 2.05) is 19.1 Å². The number of benzene rings is 1. The number of halogens is 1. The Labute approximate surface area is 100.0 Å². The van der Waals surface area contributed by atoms with E-state index in [2.05, 4.69) is 0 Å². The van der Waals surface area contributed by atoms with Gasteiger partial charge < -0.3 is 9.84 Å². The van der Waals surface area contributed by atoms with Gasteiger partial charge in [-0.3, -0.25) is 4.79 Å². The Hall–Kier alpha value is -1.06. The Morgan fingerprint density at radius 1 is 1.44 bits per heavy atom. The van der Waals surface area contributed by atoms with E-state index in [0.29, 0.717) is 18.1 Å². The lowest BCUT2D eigenvalue weighted by atomic mass is 10.0. The largest absolute Gasteiger partial charge is 0.481 e. The van der Waals surface area contributed by atoms with E-state index < -0.39 is 11.9 Å². The first-order valence-electron chi connectivity index (χ1n) is 5.18. The topological polar surface area (TPSA) is 46.5 Å². The molecule has 0 heterocycles. The number of ether oxygens (including phenoxy) is 1. The number of carbonyl (C=O) groups is 1. The third kappa shape index (κ3) is 4.21. The molecule has 0 saturated heterocycles. The molecule has 16 heavy (non-hydrogen) atoms. The van der Waals surface area contributed by atoms with E-state index in [-0.39, 0.29) is 6.61 Å². The van der Waals surface area contributed by atoms with Crippen LogP contribution in [0.1, 0.15) is 12.5 Å². The summed E-state index contributed by atoms with van der Waals surface area (Å²) in [5, 5.41) is 9.66. The van der Waals surface area contributed by atoms with Crippen LogP contribution in [0.5, 0.6) is 0 Å². The smallest absolute Gasteiger partial charge is 0.309 e. The van der Waals surface area contributed by atoms with E-state index in [1.165, 1.54) is 0 Å². The summed E-state index contributed by atoms with van der Waals surface area (Å²) in [7, 11) is 0. The molecule has 1 N–H and O–H groups in total. The second kappa shape index (κ2) is 6.51. The van der Waals surface area contributed by atoms with E-state index in [9.17, 15) is 4.79 Å². The molecule has 4 heteroatoms. The molecular weight excluding hydrogens is 228 g/mol. The van der Waals surface area contributed by atoms with Crippen LogP contribution in [0.25, 0.3) is 0 Å². The second-order valence-electron chi connectivity index (χ2n) is 3.53. The maximum Gasteiger partial charge on any atom is 0.309 e. The summed E-state index contributed by atoms with van der Waals surface area (Å²) in [5.41, 5.74) is 0.955. The predicted octanol–water partition coefficient (Wildman–Crippen LogP) is 2.62. The van der Waals surface area contributed by atoms with Gasteiger partial charge >= 0.3 is 5.97 Å². The van der Waals surface area contributed by atoms with E-state index in [1.54, 1.807) is 12.1 Å². The molecule has 0 spiro atoms. The van der Waals surface area contributed by atoms with Crippen molar-refractivity contribution in [1.82, 2.24) is 0 Å². The molecule has 0 aliphatic carbocycles. The van der Waals surface area contributed by atoms with Crippen molar-refractivity contribution in [3.05, 3.63) is 34.9 Å². The lowest BCUT2D eigenvalue weighted by Gasteiger charge is -2.12. The molecule has 88 valence electrons. The van der Waals surface area contributed by atoms with Crippen molar-refractivity contribution in [2.45, 2.75) is 13.3 Å². The van der Waals surface area contributed by atoms with E-state index >= 15 is 0 Å². The zero-order valence-electron chi connectivity index (χ0n) is 9.15. The van der Waals surface area contributed by atoms with Crippen LogP contribution in [0.2, 0.25) is 5.02 Å². The van der Waals surface area contributed by atoms with Gasteiger partial charge in [-0.25, -0.2) is 0 Å². The summed E-state index contributed by atoms with van der Waals surface area (Å²) < 4.78 is 5.15. The van der Waals surface area contributed by atoms with Gasteiger partial charge in [0.1, 0.15) is 0 Å². The van der Waals surface area contributed by atoms with Crippen LogP contribution in [0, 0.1) is 5.92 Å². The molecule has 1 aromatic carbocycles. The molecule has 0 amide bonds. The molecule has 0 radical (unpaired) electrons. The summed E-state index contributed by atoms with van der Waals surface area (Å²) in [6.07, 6.45) is 0.465. The number of hydrogen-bond donors (Lipinski definition) is 1. The summed E-state index contributed by atoms with van der Waals surface area (Å²) >= 11 is 5.75. The van der Waals surface area contributed by atoms with Gasteiger partial charge in [0.15, 0.2) is 0 Å². The highest BCUT2D eigenvalue weighted by Gasteiger charge is 2.17. The fraction of sp³-hybridized carbons (Fsp3) is 0.417. The molecule has 3 nitrogen and oxygen atoms in total. The first kappa shape index (κ1) is 13.0. The first-order chi connectivity index (χ1) is 7.63. The standard InChI is InChI=1S/C12H15ClO3/c1-2-16-8-10(12(14)15)7-9-3-5-11(13)6-4-9/h3-6,10H,2,7-8H2,1H3,(H,14,15). The number of carboxylic acids is 1. The van der Waals surface area contributed by atoms with E-state index in [4.69, 9.17) is 21.4 Å². The van der Waals surface area contributed by atoms with Gasteiger partial charge in [0.2, 0.25) is 0 Å². The minimum absolute atomic E-state index is 0.245. The number of hydrogen-bond acceptors (Lipinski definition) is 2. The maximum absolute atomic E-state index is 11.0.